The van der Waals surface area contributed by atoms with Gasteiger partial charge in [0.05, 0.1) is 16.8 Å². The average molecular weight is 456 g/mol. The molecule has 32 heavy (non-hydrogen) atoms. The lowest BCUT2D eigenvalue weighted by Crippen LogP contribution is -2.35. The first-order chi connectivity index (χ1) is 15.5. The summed E-state index contributed by atoms with van der Waals surface area (Å²) in [7, 11) is 0. The van der Waals surface area contributed by atoms with Crippen LogP contribution in [0.15, 0.2) is 42.5 Å². The molecule has 0 radical (unpaired) electrons. The first kappa shape index (κ1) is 23.5. The van der Waals surface area contributed by atoms with E-state index in [9.17, 15) is 9.59 Å². The van der Waals surface area contributed by atoms with Crippen LogP contribution in [-0.4, -0.2) is 36.7 Å². The number of amides is 2. The normalized spacial score (nSPS) is 10.7. The van der Waals surface area contributed by atoms with Crippen LogP contribution in [0.1, 0.15) is 38.7 Å². The molecule has 0 bridgehead atoms. The molecule has 0 unspecified atom stereocenters. The van der Waals surface area contributed by atoms with Gasteiger partial charge in [-0.2, -0.15) is 0 Å². The second-order valence-corrected chi connectivity index (χ2v) is 8.40. The topological polar surface area (TPSA) is 80.8 Å². The van der Waals surface area contributed by atoms with Crippen LogP contribution in [0.4, 0.5) is 15.6 Å². The number of nitrogens with one attached hydrogen (secondary N) is 1. The lowest BCUT2D eigenvalue weighted by atomic mass is 10.2. The number of anilines is 2. The molecule has 7 nitrogen and oxygen atoms in total. The van der Waals surface area contributed by atoms with Crippen LogP contribution < -0.4 is 15.0 Å². The molecule has 0 spiro atoms. The lowest BCUT2D eigenvalue weighted by molar-refractivity contribution is -0.145. The zero-order chi connectivity index (χ0) is 22.9. The Balaban J connectivity index is 1.71. The number of esters is 1. The van der Waals surface area contributed by atoms with Gasteiger partial charge in [0.15, 0.2) is 11.7 Å². The number of benzene rings is 2. The number of unbranched alkanes of at least 4 members (excludes halogenated alkanes) is 2. The Labute approximate surface area is 192 Å². The molecule has 0 atom stereocenters. The summed E-state index contributed by atoms with van der Waals surface area (Å²) in [6, 6.07) is 12.9. The first-order valence-corrected chi connectivity index (χ1v) is 11.7. The fourth-order valence-corrected chi connectivity index (χ4v) is 4.13. The summed E-state index contributed by atoms with van der Waals surface area (Å²) in [4.78, 5) is 30.8. The second kappa shape index (κ2) is 11.5. The van der Waals surface area contributed by atoms with Gasteiger partial charge in [0.2, 0.25) is 0 Å². The van der Waals surface area contributed by atoms with Crippen LogP contribution in [-0.2, 0) is 9.53 Å². The monoisotopic (exact) mass is 455 g/mol. The predicted octanol–water partition coefficient (Wildman–Crippen LogP) is 5.78. The molecule has 3 rings (SSSR count). The smallest absolute Gasteiger partial charge is 0.344 e. The van der Waals surface area contributed by atoms with E-state index in [0.717, 1.165) is 40.7 Å². The van der Waals surface area contributed by atoms with Crippen LogP contribution >= 0.6 is 11.3 Å². The van der Waals surface area contributed by atoms with E-state index in [1.165, 1.54) is 11.3 Å². The molecular weight excluding hydrogens is 426 g/mol. The number of aromatic nitrogens is 1. The maximum Gasteiger partial charge on any atom is 0.344 e. The Hall–Kier alpha value is -3.13. The van der Waals surface area contributed by atoms with Crippen molar-refractivity contribution in [3.63, 3.8) is 0 Å². The van der Waals surface area contributed by atoms with Gasteiger partial charge < -0.3 is 9.47 Å². The van der Waals surface area contributed by atoms with Crippen LogP contribution in [0.25, 0.3) is 10.2 Å². The highest BCUT2D eigenvalue weighted by atomic mass is 32.1. The third-order valence-electron chi connectivity index (χ3n) is 4.80. The molecule has 0 saturated heterocycles. The Morgan fingerprint density at radius 1 is 1.09 bits per heavy atom. The molecule has 1 N–H and O–H groups in total. The molecule has 170 valence electrons. The van der Waals surface area contributed by atoms with Gasteiger partial charge in [-0.3, -0.25) is 10.2 Å². The van der Waals surface area contributed by atoms with E-state index < -0.39 is 5.97 Å². The van der Waals surface area contributed by atoms with Crippen LogP contribution in [0.3, 0.4) is 0 Å². The predicted molar refractivity (Wildman–Crippen MR) is 129 cm³/mol. The number of ether oxygens (including phenoxy) is 2. The molecule has 0 aliphatic rings. The standard InChI is InChI=1S/C24H29N3O4S/c1-4-6-7-14-27(18-9-11-19(12-10-18)31-16-22(28)30-5-2)24(29)26-23-25-20-13-8-17(3)15-21(20)32-23/h8-13,15H,4-7,14,16H2,1-3H3,(H,25,26,29). The summed E-state index contributed by atoms with van der Waals surface area (Å²) in [5.41, 5.74) is 2.78. The average Bonchev–Trinajstić information content (AvgIpc) is 3.17. The van der Waals surface area contributed by atoms with E-state index in [2.05, 4.69) is 23.3 Å². The number of carbonyl (C=O) groups excluding carboxylic acids is 2. The van der Waals surface area contributed by atoms with Gasteiger partial charge in [0, 0.05) is 12.2 Å². The summed E-state index contributed by atoms with van der Waals surface area (Å²) in [5.74, 6) is 0.125. The van der Waals surface area contributed by atoms with E-state index >= 15 is 0 Å². The van der Waals surface area contributed by atoms with Crippen molar-refractivity contribution in [1.29, 1.82) is 0 Å². The van der Waals surface area contributed by atoms with Crippen molar-refractivity contribution in [2.45, 2.75) is 40.0 Å². The minimum atomic E-state index is -0.414. The number of thiazole rings is 1. The van der Waals surface area contributed by atoms with Gasteiger partial charge in [-0.15, -0.1) is 0 Å². The van der Waals surface area contributed by atoms with Crippen molar-refractivity contribution in [2.75, 3.05) is 30.0 Å². The number of fused-ring (bicyclic) bond motifs is 1. The van der Waals surface area contributed by atoms with Crippen LogP contribution in [0.2, 0.25) is 0 Å². The van der Waals surface area contributed by atoms with Gasteiger partial charge in [0.1, 0.15) is 5.75 Å². The van der Waals surface area contributed by atoms with E-state index in [0.29, 0.717) is 24.0 Å². The second-order valence-electron chi connectivity index (χ2n) is 7.37. The molecule has 8 heteroatoms. The van der Waals surface area contributed by atoms with Gasteiger partial charge in [0.25, 0.3) is 0 Å². The van der Waals surface area contributed by atoms with Crippen molar-refractivity contribution >= 4 is 44.4 Å². The van der Waals surface area contributed by atoms with Crippen molar-refractivity contribution < 1.29 is 19.1 Å². The highest BCUT2D eigenvalue weighted by Gasteiger charge is 2.18. The number of nitrogens with zero attached hydrogens (tertiary/aromatic N) is 2. The fraction of sp³-hybridized carbons (Fsp3) is 0.375. The largest absolute Gasteiger partial charge is 0.482 e. The first-order valence-electron chi connectivity index (χ1n) is 10.8. The van der Waals surface area contributed by atoms with Gasteiger partial charge >= 0.3 is 12.0 Å². The third-order valence-corrected chi connectivity index (χ3v) is 5.73. The van der Waals surface area contributed by atoms with Gasteiger partial charge in [-0.05, 0) is 62.2 Å². The van der Waals surface area contributed by atoms with E-state index in [1.54, 1.807) is 24.0 Å². The lowest BCUT2D eigenvalue weighted by Gasteiger charge is -2.23. The highest BCUT2D eigenvalue weighted by molar-refractivity contribution is 7.22. The SMILES string of the molecule is CCCCCN(C(=O)Nc1nc2ccc(C)cc2s1)c1ccc(OCC(=O)OCC)cc1. The molecule has 0 aliphatic carbocycles. The third kappa shape index (κ3) is 6.43. The number of hydrogen-bond acceptors (Lipinski definition) is 6. The molecule has 1 aromatic heterocycles. The Bertz CT molecular complexity index is 1050. The number of carbonyl (C=O) groups is 2. The minimum Gasteiger partial charge on any atom is -0.482 e. The van der Waals surface area contributed by atoms with Crippen LogP contribution in [0, 0.1) is 6.92 Å². The zero-order valence-corrected chi connectivity index (χ0v) is 19.5. The molecule has 0 saturated carbocycles. The number of aryl methyl sites for hydroxylation is 1. The summed E-state index contributed by atoms with van der Waals surface area (Å²) in [5, 5.41) is 3.52. The Morgan fingerprint density at radius 3 is 2.59 bits per heavy atom. The Kier molecular flexibility index (Phi) is 8.44. The Morgan fingerprint density at radius 2 is 1.88 bits per heavy atom. The van der Waals surface area contributed by atoms with Crippen LogP contribution in [0.5, 0.6) is 5.75 Å². The van der Waals surface area contributed by atoms with Crippen molar-refractivity contribution in [3.8, 4) is 5.75 Å². The summed E-state index contributed by atoms with van der Waals surface area (Å²) >= 11 is 1.46. The van der Waals surface area contributed by atoms with Crippen molar-refractivity contribution in [3.05, 3.63) is 48.0 Å². The van der Waals surface area contributed by atoms with Crippen molar-refractivity contribution in [1.82, 2.24) is 4.98 Å². The summed E-state index contributed by atoms with van der Waals surface area (Å²) in [6.45, 7) is 6.67. The molecule has 2 aromatic carbocycles. The van der Waals surface area contributed by atoms with Gasteiger partial charge in [-0.25, -0.2) is 14.6 Å². The maximum atomic E-state index is 13.1. The minimum absolute atomic E-state index is 0.148. The van der Waals surface area contributed by atoms with E-state index in [-0.39, 0.29) is 12.6 Å². The van der Waals surface area contributed by atoms with Crippen molar-refractivity contribution in [2.24, 2.45) is 0 Å². The number of urea groups is 1. The molecule has 2 amide bonds. The highest BCUT2D eigenvalue weighted by Crippen LogP contribution is 2.28. The number of hydrogen-bond donors (Lipinski definition) is 1. The zero-order valence-electron chi connectivity index (χ0n) is 18.7. The van der Waals surface area contributed by atoms with E-state index in [4.69, 9.17) is 9.47 Å². The molecule has 0 aliphatic heterocycles. The molecule has 1 heterocycles. The summed E-state index contributed by atoms with van der Waals surface area (Å²) < 4.78 is 11.4. The van der Waals surface area contributed by atoms with E-state index in [1.807, 2.05) is 31.2 Å². The molecular formula is C24H29N3O4S. The quantitative estimate of drug-likeness (QED) is 0.310. The van der Waals surface area contributed by atoms with Gasteiger partial charge in [-0.1, -0.05) is 37.2 Å². The maximum absolute atomic E-state index is 13.1. The molecule has 0 fully saturated rings. The molecule has 3 aromatic rings. The number of rotatable bonds is 10. The fourth-order valence-electron chi connectivity index (χ4n) is 3.18. The summed E-state index contributed by atoms with van der Waals surface area (Å²) in [6.07, 6.45) is 2.99.